The van der Waals surface area contributed by atoms with Gasteiger partial charge in [-0.25, -0.2) is 0 Å². The van der Waals surface area contributed by atoms with Crippen molar-refractivity contribution in [1.82, 2.24) is 4.90 Å². The largest absolute Gasteiger partial charge is 0.463 e. The van der Waals surface area contributed by atoms with Gasteiger partial charge in [-0.1, -0.05) is 13.8 Å². The minimum atomic E-state index is -5.00. The Hall–Kier alpha value is -1.50. The topological polar surface area (TPSA) is 53.7 Å². The lowest BCUT2D eigenvalue weighted by atomic mass is 9.90. The van der Waals surface area contributed by atoms with Crippen LogP contribution in [-0.2, 0) is 10.4 Å². The van der Waals surface area contributed by atoms with E-state index in [0.29, 0.717) is 13.1 Å². The Balaban J connectivity index is 2.23. The van der Waals surface area contributed by atoms with Gasteiger partial charge in [0.2, 0.25) is 11.5 Å². The highest BCUT2D eigenvalue weighted by Gasteiger charge is 2.58. The number of likely N-dealkylation sites (tertiary alicyclic amines) is 1. The third-order valence-electron chi connectivity index (χ3n) is 4.25. The molecule has 1 aromatic rings. The first-order valence-corrected chi connectivity index (χ1v) is 7.66. The molecule has 2 heterocycles. The van der Waals surface area contributed by atoms with Gasteiger partial charge in [0.1, 0.15) is 11.5 Å². The first-order valence-electron chi connectivity index (χ1n) is 7.66. The molecule has 3 unspecified atom stereocenters. The molecule has 130 valence electrons. The van der Waals surface area contributed by atoms with E-state index in [1.165, 1.54) is 17.9 Å². The molecule has 0 bridgehead atoms. The van der Waals surface area contributed by atoms with Crippen LogP contribution < -0.4 is 0 Å². The molecular weight excluding hydrogens is 311 g/mol. The SMILES string of the molecule is Cc1ccc(C(O)(CC(=O)N2CC(C)CC(C)C2)C(F)(F)F)o1. The smallest absolute Gasteiger partial charge is 0.425 e. The lowest BCUT2D eigenvalue weighted by molar-refractivity contribution is -0.274. The molecular formula is C16H22F3NO3. The Morgan fingerprint density at radius 3 is 2.30 bits per heavy atom. The number of carbonyl (C=O) groups is 1. The van der Waals surface area contributed by atoms with Crippen molar-refractivity contribution >= 4 is 5.91 Å². The summed E-state index contributed by atoms with van der Waals surface area (Å²) in [5.74, 6) is -0.651. The van der Waals surface area contributed by atoms with Crippen LogP contribution in [0.15, 0.2) is 16.5 Å². The second kappa shape index (κ2) is 6.19. The highest BCUT2D eigenvalue weighted by Crippen LogP contribution is 2.42. The molecule has 1 amide bonds. The lowest BCUT2D eigenvalue weighted by Crippen LogP contribution is -2.49. The lowest BCUT2D eigenvalue weighted by Gasteiger charge is -2.37. The fourth-order valence-corrected chi connectivity index (χ4v) is 3.18. The molecule has 23 heavy (non-hydrogen) atoms. The number of hydrogen-bond acceptors (Lipinski definition) is 3. The Morgan fingerprint density at radius 1 is 1.30 bits per heavy atom. The van der Waals surface area contributed by atoms with Crippen LogP contribution >= 0.6 is 0 Å². The van der Waals surface area contributed by atoms with E-state index in [4.69, 9.17) is 4.42 Å². The van der Waals surface area contributed by atoms with E-state index >= 15 is 0 Å². The zero-order valence-electron chi connectivity index (χ0n) is 13.5. The summed E-state index contributed by atoms with van der Waals surface area (Å²) in [6.07, 6.45) is -5.13. The van der Waals surface area contributed by atoms with E-state index in [-0.39, 0.29) is 17.6 Å². The quantitative estimate of drug-likeness (QED) is 0.924. The van der Waals surface area contributed by atoms with Gasteiger partial charge in [-0.05, 0) is 37.3 Å². The van der Waals surface area contributed by atoms with Crippen molar-refractivity contribution in [2.45, 2.75) is 45.4 Å². The molecule has 0 spiro atoms. The number of alkyl halides is 3. The zero-order valence-corrected chi connectivity index (χ0v) is 13.5. The van der Waals surface area contributed by atoms with Crippen molar-refractivity contribution < 1.29 is 27.5 Å². The van der Waals surface area contributed by atoms with Gasteiger partial charge in [0.15, 0.2) is 0 Å². The molecule has 1 aliphatic rings. The van der Waals surface area contributed by atoms with Gasteiger partial charge in [-0.2, -0.15) is 13.2 Å². The van der Waals surface area contributed by atoms with Gasteiger partial charge in [0.05, 0.1) is 6.42 Å². The normalized spacial score (nSPS) is 25.3. The van der Waals surface area contributed by atoms with Crippen LogP contribution in [0.2, 0.25) is 0 Å². The van der Waals surface area contributed by atoms with Crippen LogP contribution in [0.4, 0.5) is 13.2 Å². The molecule has 3 atom stereocenters. The maximum absolute atomic E-state index is 13.4. The number of halogens is 3. The second-order valence-electron chi connectivity index (χ2n) is 6.69. The van der Waals surface area contributed by atoms with Crippen LogP contribution in [0.1, 0.15) is 38.2 Å². The third kappa shape index (κ3) is 3.71. The van der Waals surface area contributed by atoms with Crippen molar-refractivity contribution in [3.05, 3.63) is 23.7 Å². The summed E-state index contributed by atoms with van der Waals surface area (Å²) in [5, 5.41) is 10.2. The van der Waals surface area contributed by atoms with E-state index in [9.17, 15) is 23.1 Å². The maximum atomic E-state index is 13.4. The Kier molecular flexibility index (Phi) is 4.80. The molecule has 1 aliphatic heterocycles. The maximum Gasteiger partial charge on any atom is 0.425 e. The van der Waals surface area contributed by atoms with E-state index in [2.05, 4.69) is 0 Å². The number of piperidine rings is 1. The molecule has 1 N–H and O–H groups in total. The molecule has 0 aliphatic carbocycles. The average molecular weight is 333 g/mol. The molecule has 0 saturated carbocycles. The number of carbonyl (C=O) groups excluding carboxylic acids is 1. The van der Waals surface area contributed by atoms with E-state index < -0.39 is 29.9 Å². The van der Waals surface area contributed by atoms with Crippen LogP contribution in [0, 0.1) is 18.8 Å². The van der Waals surface area contributed by atoms with Crippen molar-refractivity contribution in [1.29, 1.82) is 0 Å². The Morgan fingerprint density at radius 2 is 1.87 bits per heavy atom. The minimum absolute atomic E-state index is 0.229. The zero-order chi connectivity index (χ0) is 17.4. The van der Waals surface area contributed by atoms with E-state index in [0.717, 1.165) is 12.5 Å². The van der Waals surface area contributed by atoms with E-state index in [1.54, 1.807) is 0 Å². The molecule has 1 aromatic heterocycles. The number of aryl methyl sites for hydroxylation is 1. The summed E-state index contributed by atoms with van der Waals surface area (Å²) in [4.78, 5) is 13.8. The predicted octanol–water partition coefficient (Wildman–Crippen LogP) is 3.23. The van der Waals surface area contributed by atoms with Crippen molar-refractivity contribution in [3.8, 4) is 0 Å². The average Bonchev–Trinajstić information content (AvgIpc) is 2.83. The molecule has 0 radical (unpaired) electrons. The highest BCUT2D eigenvalue weighted by molar-refractivity contribution is 5.77. The highest BCUT2D eigenvalue weighted by atomic mass is 19.4. The van der Waals surface area contributed by atoms with Crippen molar-refractivity contribution in [2.24, 2.45) is 11.8 Å². The summed E-state index contributed by atoms with van der Waals surface area (Å²) in [5.41, 5.74) is -3.30. The molecule has 2 rings (SSSR count). The third-order valence-corrected chi connectivity index (χ3v) is 4.25. The first-order chi connectivity index (χ1) is 10.5. The van der Waals surface area contributed by atoms with Crippen LogP contribution in [0.3, 0.4) is 0 Å². The number of hydrogen-bond donors (Lipinski definition) is 1. The van der Waals surface area contributed by atoms with Crippen LogP contribution in [0.5, 0.6) is 0 Å². The minimum Gasteiger partial charge on any atom is -0.463 e. The van der Waals surface area contributed by atoms with Crippen LogP contribution in [-0.4, -0.2) is 35.2 Å². The molecule has 0 aromatic carbocycles. The summed E-state index contributed by atoms with van der Waals surface area (Å²) < 4.78 is 45.2. The number of furan rings is 1. The van der Waals surface area contributed by atoms with Gasteiger partial charge in [-0.15, -0.1) is 0 Å². The fourth-order valence-electron chi connectivity index (χ4n) is 3.18. The predicted molar refractivity (Wildman–Crippen MR) is 77.5 cm³/mol. The van der Waals surface area contributed by atoms with Gasteiger partial charge >= 0.3 is 6.18 Å². The van der Waals surface area contributed by atoms with Gasteiger partial charge < -0.3 is 14.4 Å². The molecule has 4 nitrogen and oxygen atoms in total. The van der Waals surface area contributed by atoms with Gasteiger partial charge in [0.25, 0.3) is 0 Å². The number of amides is 1. The molecule has 1 saturated heterocycles. The molecule has 1 fully saturated rings. The fraction of sp³-hybridized carbons (Fsp3) is 0.688. The Labute approximate surface area is 133 Å². The Bertz CT molecular complexity index is 559. The summed E-state index contributed by atoms with van der Waals surface area (Å²) in [6, 6.07) is 2.40. The first kappa shape index (κ1) is 17.8. The van der Waals surface area contributed by atoms with Crippen LogP contribution in [0.25, 0.3) is 0 Å². The van der Waals surface area contributed by atoms with E-state index in [1.807, 2.05) is 13.8 Å². The van der Waals surface area contributed by atoms with Gasteiger partial charge in [-0.3, -0.25) is 4.79 Å². The number of rotatable bonds is 3. The summed E-state index contributed by atoms with van der Waals surface area (Å²) in [6.45, 7) is 6.22. The van der Waals surface area contributed by atoms with Crippen molar-refractivity contribution in [2.75, 3.05) is 13.1 Å². The second-order valence-corrected chi connectivity index (χ2v) is 6.69. The summed E-state index contributed by atoms with van der Waals surface area (Å²) >= 11 is 0. The summed E-state index contributed by atoms with van der Waals surface area (Å²) in [7, 11) is 0. The number of aliphatic hydroxyl groups is 1. The molecule has 7 heteroatoms. The number of nitrogens with zero attached hydrogens (tertiary/aromatic N) is 1. The monoisotopic (exact) mass is 333 g/mol. The van der Waals surface area contributed by atoms with Crippen molar-refractivity contribution in [3.63, 3.8) is 0 Å². The standard InChI is InChI=1S/C16H22F3NO3/c1-10-6-11(2)9-20(8-10)14(21)7-15(22,16(17,18)19)13-5-4-12(3)23-13/h4-5,10-11,22H,6-9H2,1-3H3. The van der Waals surface area contributed by atoms with Gasteiger partial charge in [0, 0.05) is 13.1 Å².